The van der Waals surface area contributed by atoms with Gasteiger partial charge in [-0.1, -0.05) is 67.0 Å². The Bertz CT molecular complexity index is 899. The lowest BCUT2D eigenvalue weighted by Crippen LogP contribution is -2.27. The standard InChI is InChI=1S/C26H33ClN2O/c1-19(11-16-24-21(3)10-7-17-26(24,4)5)8-6-9-20(2)18-25(30)29-28-23-14-12-22(27)13-15-23/h6,8-9,11-16,18,28H,7,10,17H2,1-5H3,(H,29,30). The highest BCUT2D eigenvalue weighted by Gasteiger charge is 2.26. The molecule has 30 heavy (non-hydrogen) atoms. The van der Waals surface area contributed by atoms with E-state index in [1.807, 2.05) is 19.1 Å². The fourth-order valence-electron chi connectivity index (χ4n) is 3.59. The molecule has 0 atom stereocenters. The average molecular weight is 425 g/mol. The van der Waals surface area contributed by atoms with Gasteiger partial charge in [-0.15, -0.1) is 0 Å². The van der Waals surface area contributed by atoms with E-state index in [0.717, 1.165) is 11.3 Å². The van der Waals surface area contributed by atoms with Crippen LogP contribution in [0.2, 0.25) is 5.02 Å². The van der Waals surface area contributed by atoms with E-state index in [0.29, 0.717) is 5.02 Å². The van der Waals surface area contributed by atoms with Crippen molar-refractivity contribution >= 4 is 23.2 Å². The number of hydrogen-bond donors (Lipinski definition) is 2. The summed E-state index contributed by atoms with van der Waals surface area (Å²) in [5.74, 6) is -0.213. The first-order valence-electron chi connectivity index (χ1n) is 10.4. The van der Waals surface area contributed by atoms with Crippen molar-refractivity contribution in [1.82, 2.24) is 5.43 Å². The van der Waals surface area contributed by atoms with E-state index in [1.54, 1.807) is 30.3 Å². The molecule has 160 valence electrons. The highest BCUT2D eigenvalue weighted by Crippen LogP contribution is 2.40. The Balaban J connectivity index is 1.89. The van der Waals surface area contributed by atoms with E-state index >= 15 is 0 Å². The topological polar surface area (TPSA) is 41.1 Å². The molecule has 1 aromatic rings. The summed E-state index contributed by atoms with van der Waals surface area (Å²) >= 11 is 5.85. The highest BCUT2D eigenvalue weighted by atomic mass is 35.5. The number of carbonyl (C=O) groups excluding carboxylic acids is 1. The van der Waals surface area contributed by atoms with Crippen LogP contribution in [-0.4, -0.2) is 5.91 Å². The molecule has 0 aliphatic heterocycles. The molecule has 0 spiro atoms. The average Bonchev–Trinajstić information content (AvgIpc) is 2.66. The Kier molecular flexibility index (Phi) is 8.73. The van der Waals surface area contributed by atoms with Gasteiger partial charge in [0.2, 0.25) is 0 Å². The molecule has 3 nitrogen and oxygen atoms in total. The second kappa shape index (κ2) is 11.0. The van der Waals surface area contributed by atoms with Crippen LogP contribution in [0.1, 0.15) is 53.9 Å². The Hall–Kier alpha value is -2.52. The number of halogens is 1. The molecule has 1 aromatic carbocycles. The van der Waals surface area contributed by atoms with Gasteiger partial charge in [0.1, 0.15) is 0 Å². The number of amides is 1. The second-order valence-corrected chi connectivity index (χ2v) is 8.98. The molecule has 0 fully saturated rings. The summed E-state index contributed by atoms with van der Waals surface area (Å²) in [6, 6.07) is 7.12. The third-order valence-corrected chi connectivity index (χ3v) is 5.56. The first kappa shape index (κ1) is 23.8. The van der Waals surface area contributed by atoms with Crippen molar-refractivity contribution in [3.05, 3.63) is 88.0 Å². The molecule has 0 saturated heterocycles. The van der Waals surface area contributed by atoms with Crippen molar-refractivity contribution < 1.29 is 4.79 Å². The highest BCUT2D eigenvalue weighted by molar-refractivity contribution is 6.30. The van der Waals surface area contributed by atoms with Crippen molar-refractivity contribution in [2.24, 2.45) is 5.41 Å². The van der Waals surface area contributed by atoms with E-state index < -0.39 is 0 Å². The van der Waals surface area contributed by atoms with E-state index in [9.17, 15) is 4.79 Å². The van der Waals surface area contributed by atoms with Crippen LogP contribution < -0.4 is 10.9 Å². The quantitative estimate of drug-likeness (QED) is 0.273. The molecule has 0 heterocycles. The minimum absolute atomic E-state index is 0.213. The summed E-state index contributed by atoms with van der Waals surface area (Å²) in [4.78, 5) is 12.0. The van der Waals surface area contributed by atoms with Crippen molar-refractivity contribution in [1.29, 1.82) is 0 Å². The molecule has 0 radical (unpaired) electrons. The SMILES string of the molecule is CC(C=CC1=C(C)CCCC1(C)C)=CC=CC(C)=CC(=O)NNc1ccc(Cl)cc1. The smallest absolute Gasteiger partial charge is 0.262 e. The zero-order chi connectivity index (χ0) is 22.1. The van der Waals surface area contributed by atoms with Crippen LogP contribution in [0.15, 0.2) is 83.0 Å². The largest absolute Gasteiger partial charge is 0.298 e. The monoisotopic (exact) mass is 424 g/mol. The summed E-state index contributed by atoms with van der Waals surface area (Å²) in [5.41, 5.74) is 11.5. The van der Waals surface area contributed by atoms with Gasteiger partial charge in [-0.05, 0) is 80.9 Å². The maximum atomic E-state index is 12.0. The summed E-state index contributed by atoms with van der Waals surface area (Å²) in [6.45, 7) is 10.9. The van der Waals surface area contributed by atoms with Gasteiger partial charge < -0.3 is 0 Å². The molecule has 2 N–H and O–H groups in total. The van der Waals surface area contributed by atoms with Gasteiger partial charge in [-0.2, -0.15) is 0 Å². The summed E-state index contributed by atoms with van der Waals surface area (Å²) in [6.07, 6.45) is 15.7. The maximum Gasteiger partial charge on any atom is 0.262 e. The Morgan fingerprint density at radius 1 is 1.10 bits per heavy atom. The number of nitrogens with one attached hydrogen (secondary N) is 2. The lowest BCUT2D eigenvalue weighted by atomic mass is 9.72. The van der Waals surface area contributed by atoms with Crippen LogP contribution in [0.3, 0.4) is 0 Å². The van der Waals surface area contributed by atoms with Crippen LogP contribution in [0.25, 0.3) is 0 Å². The Labute approximate surface area is 186 Å². The van der Waals surface area contributed by atoms with Gasteiger partial charge in [0.05, 0.1) is 5.69 Å². The molecule has 0 aromatic heterocycles. The fourth-order valence-corrected chi connectivity index (χ4v) is 3.72. The minimum atomic E-state index is -0.213. The van der Waals surface area contributed by atoms with Crippen LogP contribution in [0.5, 0.6) is 0 Å². The van der Waals surface area contributed by atoms with Gasteiger partial charge in [0.15, 0.2) is 0 Å². The fraction of sp³-hybridized carbons (Fsp3) is 0.346. The van der Waals surface area contributed by atoms with E-state index in [2.05, 4.69) is 56.8 Å². The summed E-state index contributed by atoms with van der Waals surface area (Å²) in [5, 5.41) is 0.653. The molecule has 0 unspecified atom stereocenters. The molecular formula is C26H33ClN2O. The lowest BCUT2D eigenvalue weighted by molar-refractivity contribution is -0.116. The van der Waals surface area contributed by atoms with E-state index in [-0.39, 0.29) is 11.3 Å². The van der Waals surface area contributed by atoms with Gasteiger partial charge in [-0.3, -0.25) is 15.6 Å². The number of carbonyl (C=O) groups is 1. The van der Waals surface area contributed by atoms with Gasteiger partial charge >= 0.3 is 0 Å². The van der Waals surface area contributed by atoms with Crippen molar-refractivity contribution in [3.8, 4) is 0 Å². The van der Waals surface area contributed by atoms with Crippen LogP contribution in [0.4, 0.5) is 5.69 Å². The van der Waals surface area contributed by atoms with Crippen molar-refractivity contribution in [2.75, 3.05) is 5.43 Å². The van der Waals surface area contributed by atoms with Gasteiger partial charge in [0.25, 0.3) is 5.91 Å². The molecular weight excluding hydrogens is 392 g/mol. The molecule has 0 saturated carbocycles. The first-order chi connectivity index (χ1) is 14.2. The lowest BCUT2D eigenvalue weighted by Gasteiger charge is -2.32. The first-order valence-corrected chi connectivity index (χ1v) is 10.8. The number of rotatable bonds is 7. The number of hydrazine groups is 1. The van der Waals surface area contributed by atoms with Crippen molar-refractivity contribution in [3.63, 3.8) is 0 Å². The summed E-state index contributed by atoms with van der Waals surface area (Å²) < 4.78 is 0. The number of benzene rings is 1. The number of anilines is 1. The Morgan fingerprint density at radius 2 is 1.80 bits per heavy atom. The second-order valence-electron chi connectivity index (χ2n) is 8.54. The van der Waals surface area contributed by atoms with Crippen molar-refractivity contribution in [2.45, 2.75) is 53.9 Å². The molecule has 0 bridgehead atoms. The maximum absolute atomic E-state index is 12.0. The number of hydrogen-bond acceptors (Lipinski definition) is 2. The third-order valence-electron chi connectivity index (χ3n) is 5.31. The molecule has 4 heteroatoms. The zero-order valence-electron chi connectivity index (χ0n) is 18.7. The van der Waals surface area contributed by atoms with Crippen LogP contribution >= 0.6 is 11.6 Å². The zero-order valence-corrected chi connectivity index (χ0v) is 19.4. The van der Waals surface area contributed by atoms with E-state index in [4.69, 9.17) is 11.6 Å². The van der Waals surface area contributed by atoms with Gasteiger partial charge in [-0.25, -0.2) is 0 Å². The van der Waals surface area contributed by atoms with E-state index in [1.165, 1.54) is 36.0 Å². The van der Waals surface area contributed by atoms with Crippen LogP contribution in [-0.2, 0) is 4.79 Å². The predicted molar refractivity (Wildman–Crippen MR) is 129 cm³/mol. The third kappa shape index (κ3) is 7.72. The molecule has 1 aliphatic carbocycles. The molecule has 1 amide bonds. The molecule has 1 aliphatic rings. The number of allylic oxidation sites excluding steroid dienone is 9. The minimum Gasteiger partial charge on any atom is -0.298 e. The Morgan fingerprint density at radius 3 is 2.47 bits per heavy atom. The summed E-state index contributed by atoms with van der Waals surface area (Å²) in [7, 11) is 0. The predicted octanol–water partition coefficient (Wildman–Crippen LogP) is 7.31. The van der Waals surface area contributed by atoms with Crippen LogP contribution in [0, 0.1) is 5.41 Å². The molecule has 2 rings (SSSR count). The van der Waals surface area contributed by atoms with Gasteiger partial charge in [0, 0.05) is 11.1 Å². The normalized spacial score (nSPS) is 17.7.